The van der Waals surface area contributed by atoms with E-state index in [9.17, 15) is 0 Å². The van der Waals surface area contributed by atoms with Crippen molar-refractivity contribution in [2.45, 2.75) is 26.3 Å². The lowest BCUT2D eigenvalue weighted by Crippen LogP contribution is -2.17. The molecule has 3 rings (SSSR count). The molecule has 0 amide bonds. The highest BCUT2D eigenvalue weighted by atomic mass is 35.5. The van der Waals surface area contributed by atoms with Crippen LogP contribution >= 0.6 is 11.6 Å². The third-order valence-electron chi connectivity index (χ3n) is 3.81. The number of rotatable bonds is 5. The molecule has 0 saturated heterocycles. The van der Waals surface area contributed by atoms with Crippen molar-refractivity contribution in [1.82, 2.24) is 5.32 Å². The predicted octanol–water partition coefficient (Wildman–Crippen LogP) is 3.92. The van der Waals surface area contributed by atoms with Gasteiger partial charge in [-0.15, -0.1) is 0 Å². The second kappa shape index (κ2) is 6.50. The van der Waals surface area contributed by atoms with Crippen LogP contribution in [0.2, 0.25) is 5.02 Å². The van der Waals surface area contributed by atoms with E-state index in [2.05, 4.69) is 36.5 Å². The van der Waals surface area contributed by atoms with Gasteiger partial charge in [0.05, 0.1) is 6.61 Å². The first-order valence-electron chi connectivity index (χ1n) is 7.43. The second-order valence-electron chi connectivity index (χ2n) is 5.57. The molecular weight excluding hydrogens is 282 g/mol. The Morgan fingerprint density at radius 2 is 2.14 bits per heavy atom. The monoisotopic (exact) mass is 301 g/mol. The van der Waals surface area contributed by atoms with Crippen molar-refractivity contribution in [3.63, 3.8) is 0 Å². The van der Waals surface area contributed by atoms with E-state index in [-0.39, 0.29) is 0 Å². The topological polar surface area (TPSA) is 21.3 Å². The summed E-state index contributed by atoms with van der Waals surface area (Å²) >= 11 is 6.17. The Balaban J connectivity index is 1.56. The summed E-state index contributed by atoms with van der Waals surface area (Å²) in [5.74, 6) is 1.03. The molecule has 2 aromatic rings. The van der Waals surface area contributed by atoms with E-state index in [0.29, 0.717) is 0 Å². The molecule has 0 bridgehead atoms. The van der Waals surface area contributed by atoms with Crippen LogP contribution in [0, 0.1) is 6.92 Å². The third-order valence-corrected chi connectivity index (χ3v) is 4.03. The zero-order valence-electron chi connectivity index (χ0n) is 12.3. The van der Waals surface area contributed by atoms with Gasteiger partial charge in [0.2, 0.25) is 0 Å². The molecule has 2 aromatic carbocycles. The molecule has 0 aliphatic carbocycles. The van der Waals surface area contributed by atoms with Crippen molar-refractivity contribution >= 4 is 11.6 Å². The number of benzene rings is 2. The van der Waals surface area contributed by atoms with E-state index >= 15 is 0 Å². The molecule has 0 atom stereocenters. The average molecular weight is 302 g/mol. The highest BCUT2D eigenvalue weighted by molar-refractivity contribution is 6.30. The molecule has 21 heavy (non-hydrogen) atoms. The van der Waals surface area contributed by atoms with Gasteiger partial charge in [-0.25, -0.2) is 0 Å². The SMILES string of the molecule is Cc1cccc(CCNCc2cc(Cl)cc3c2OCC3)c1. The van der Waals surface area contributed by atoms with Crippen LogP contribution in [-0.4, -0.2) is 13.2 Å². The van der Waals surface area contributed by atoms with Gasteiger partial charge >= 0.3 is 0 Å². The molecule has 3 heteroatoms. The maximum absolute atomic E-state index is 6.17. The van der Waals surface area contributed by atoms with Crippen LogP contribution in [0.15, 0.2) is 36.4 Å². The van der Waals surface area contributed by atoms with Gasteiger partial charge in [0.1, 0.15) is 5.75 Å². The number of hydrogen-bond donors (Lipinski definition) is 1. The van der Waals surface area contributed by atoms with E-state index < -0.39 is 0 Å². The third kappa shape index (κ3) is 3.58. The van der Waals surface area contributed by atoms with Crippen molar-refractivity contribution in [3.8, 4) is 5.75 Å². The predicted molar refractivity (Wildman–Crippen MR) is 87.2 cm³/mol. The van der Waals surface area contributed by atoms with Gasteiger partial charge < -0.3 is 10.1 Å². The summed E-state index contributed by atoms with van der Waals surface area (Å²) in [6.45, 7) is 4.65. The maximum atomic E-state index is 6.17. The van der Waals surface area contributed by atoms with Crippen LogP contribution in [0.4, 0.5) is 0 Å². The molecule has 0 saturated carbocycles. The number of halogens is 1. The first kappa shape index (κ1) is 14.4. The fourth-order valence-corrected chi connectivity index (χ4v) is 3.06. The van der Waals surface area contributed by atoms with Crippen molar-refractivity contribution in [1.29, 1.82) is 0 Å². The molecule has 1 heterocycles. The number of fused-ring (bicyclic) bond motifs is 1. The molecule has 110 valence electrons. The van der Waals surface area contributed by atoms with Gasteiger partial charge in [-0.3, -0.25) is 0 Å². The first-order chi connectivity index (χ1) is 10.2. The molecule has 0 aromatic heterocycles. The Morgan fingerprint density at radius 1 is 1.24 bits per heavy atom. The number of hydrogen-bond acceptors (Lipinski definition) is 2. The van der Waals surface area contributed by atoms with Crippen molar-refractivity contribution < 1.29 is 4.74 Å². The Bertz CT molecular complexity index is 639. The number of ether oxygens (including phenoxy) is 1. The fourth-order valence-electron chi connectivity index (χ4n) is 2.80. The fraction of sp³-hybridized carbons (Fsp3) is 0.333. The molecule has 1 aliphatic heterocycles. The Kier molecular flexibility index (Phi) is 4.47. The minimum absolute atomic E-state index is 0.770. The average Bonchev–Trinajstić information content (AvgIpc) is 2.91. The lowest BCUT2D eigenvalue weighted by molar-refractivity contribution is 0.352. The van der Waals surface area contributed by atoms with Gasteiger partial charge in [-0.1, -0.05) is 41.4 Å². The molecule has 0 fully saturated rings. The lowest BCUT2D eigenvalue weighted by atomic mass is 10.1. The first-order valence-corrected chi connectivity index (χ1v) is 7.80. The van der Waals surface area contributed by atoms with Gasteiger partial charge in [-0.2, -0.15) is 0 Å². The molecule has 1 N–H and O–H groups in total. The summed E-state index contributed by atoms with van der Waals surface area (Å²) in [5.41, 5.74) is 5.08. The van der Waals surface area contributed by atoms with Crippen LogP contribution in [0.5, 0.6) is 5.75 Å². The van der Waals surface area contributed by atoms with Crippen LogP contribution in [0.3, 0.4) is 0 Å². The molecular formula is C18H20ClNO. The Hall–Kier alpha value is -1.51. The van der Waals surface area contributed by atoms with Crippen molar-refractivity contribution in [2.75, 3.05) is 13.2 Å². The normalized spacial score (nSPS) is 13.0. The molecule has 0 unspecified atom stereocenters. The molecule has 1 aliphatic rings. The van der Waals surface area contributed by atoms with E-state index in [0.717, 1.165) is 43.3 Å². The minimum Gasteiger partial charge on any atom is -0.493 e. The van der Waals surface area contributed by atoms with E-state index in [4.69, 9.17) is 16.3 Å². The zero-order valence-corrected chi connectivity index (χ0v) is 13.0. The van der Waals surface area contributed by atoms with E-state index in [1.54, 1.807) is 0 Å². The zero-order chi connectivity index (χ0) is 14.7. The van der Waals surface area contributed by atoms with Crippen molar-refractivity contribution in [2.24, 2.45) is 0 Å². The van der Waals surface area contributed by atoms with Crippen LogP contribution in [0.1, 0.15) is 22.3 Å². The summed E-state index contributed by atoms with van der Waals surface area (Å²) in [7, 11) is 0. The van der Waals surface area contributed by atoms with Crippen molar-refractivity contribution in [3.05, 3.63) is 63.7 Å². The summed E-state index contributed by atoms with van der Waals surface area (Å²) in [6.07, 6.45) is 2.00. The van der Waals surface area contributed by atoms with Gasteiger partial charge in [0, 0.05) is 23.6 Å². The molecule has 0 radical (unpaired) electrons. The summed E-state index contributed by atoms with van der Waals surface area (Å²) in [4.78, 5) is 0. The van der Waals surface area contributed by atoms with Crippen LogP contribution in [-0.2, 0) is 19.4 Å². The van der Waals surface area contributed by atoms with Gasteiger partial charge in [0.25, 0.3) is 0 Å². The summed E-state index contributed by atoms with van der Waals surface area (Å²) in [6, 6.07) is 12.7. The highest BCUT2D eigenvalue weighted by Gasteiger charge is 2.17. The molecule has 0 spiro atoms. The van der Waals surface area contributed by atoms with E-state index in [1.807, 2.05) is 12.1 Å². The number of nitrogens with one attached hydrogen (secondary N) is 1. The summed E-state index contributed by atoms with van der Waals surface area (Å²) < 4.78 is 5.72. The maximum Gasteiger partial charge on any atom is 0.127 e. The summed E-state index contributed by atoms with van der Waals surface area (Å²) in [5, 5.41) is 4.29. The standard InChI is InChI=1S/C18H20ClNO/c1-13-3-2-4-14(9-13)5-7-20-12-16-11-17(19)10-15-6-8-21-18(15)16/h2-4,9-11,20H,5-8,12H2,1H3. The largest absolute Gasteiger partial charge is 0.493 e. The Morgan fingerprint density at radius 3 is 3.00 bits per heavy atom. The molecule has 2 nitrogen and oxygen atoms in total. The Labute approximate surface area is 131 Å². The quantitative estimate of drug-likeness (QED) is 0.845. The number of aryl methyl sites for hydroxylation is 1. The second-order valence-corrected chi connectivity index (χ2v) is 6.00. The van der Waals surface area contributed by atoms with E-state index in [1.165, 1.54) is 22.3 Å². The van der Waals surface area contributed by atoms with Gasteiger partial charge in [-0.05, 0) is 43.1 Å². The lowest BCUT2D eigenvalue weighted by Gasteiger charge is -2.10. The highest BCUT2D eigenvalue weighted by Crippen LogP contribution is 2.32. The minimum atomic E-state index is 0.770. The van der Waals surface area contributed by atoms with Crippen LogP contribution in [0.25, 0.3) is 0 Å². The smallest absolute Gasteiger partial charge is 0.127 e. The van der Waals surface area contributed by atoms with Gasteiger partial charge in [0.15, 0.2) is 0 Å². The van der Waals surface area contributed by atoms with Crippen LogP contribution < -0.4 is 10.1 Å².